The average Bonchev–Trinajstić information content (AvgIpc) is 2.40. The van der Waals surface area contributed by atoms with Gasteiger partial charge in [0.1, 0.15) is 11.6 Å². The van der Waals surface area contributed by atoms with Crippen LogP contribution in [0, 0.1) is 5.82 Å². The fraction of sp³-hybridized carbons (Fsp3) is 0.214. The van der Waals surface area contributed by atoms with E-state index in [1.165, 1.54) is 12.1 Å². The van der Waals surface area contributed by atoms with Gasteiger partial charge in [-0.15, -0.1) is 0 Å². The second-order valence-electron chi connectivity index (χ2n) is 4.39. The Balaban J connectivity index is 2.04. The first kappa shape index (κ1) is 13.6. The molecule has 0 atom stereocenters. The lowest BCUT2D eigenvalue weighted by molar-refractivity contribution is 0.613. The Kier molecular flexibility index (Phi) is 4.22. The van der Waals surface area contributed by atoms with E-state index in [4.69, 9.17) is 11.6 Å². The highest BCUT2D eigenvalue weighted by Crippen LogP contribution is 2.17. The number of hydrogen-bond donors (Lipinski definition) is 1. The molecule has 1 aromatic heterocycles. The minimum Gasteiger partial charge on any atom is -0.380 e. The lowest BCUT2D eigenvalue weighted by Gasteiger charge is -2.12. The third-order valence-corrected chi connectivity index (χ3v) is 2.93. The molecule has 0 saturated heterocycles. The zero-order chi connectivity index (χ0) is 13.8. The molecule has 0 aliphatic heterocycles. The topological polar surface area (TPSA) is 28.2 Å². The van der Waals surface area contributed by atoms with Crippen molar-refractivity contribution in [2.24, 2.45) is 0 Å². The van der Waals surface area contributed by atoms with Crippen molar-refractivity contribution in [2.45, 2.75) is 6.54 Å². The second kappa shape index (κ2) is 5.89. The Labute approximate surface area is 117 Å². The molecular formula is C14H15ClFN3. The molecule has 1 heterocycles. The van der Waals surface area contributed by atoms with E-state index in [1.807, 2.05) is 31.1 Å². The molecule has 2 aromatic rings. The Morgan fingerprint density at radius 1 is 1.26 bits per heavy atom. The molecule has 2 rings (SSSR count). The van der Waals surface area contributed by atoms with E-state index in [1.54, 1.807) is 12.3 Å². The largest absolute Gasteiger partial charge is 0.380 e. The predicted molar refractivity (Wildman–Crippen MR) is 77.3 cm³/mol. The molecule has 0 amide bonds. The van der Waals surface area contributed by atoms with Crippen LogP contribution < -0.4 is 10.2 Å². The van der Waals surface area contributed by atoms with Crippen LogP contribution in [0.25, 0.3) is 0 Å². The van der Waals surface area contributed by atoms with Crippen LogP contribution in [-0.2, 0) is 6.54 Å². The number of nitrogens with one attached hydrogen (secondary N) is 1. The van der Waals surface area contributed by atoms with Gasteiger partial charge in [-0.2, -0.15) is 0 Å². The van der Waals surface area contributed by atoms with Crippen LogP contribution in [0.4, 0.5) is 15.9 Å². The summed E-state index contributed by atoms with van der Waals surface area (Å²) in [5.74, 6) is 0.606. The zero-order valence-corrected chi connectivity index (χ0v) is 11.6. The highest BCUT2D eigenvalue weighted by molar-refractivity contribution is 6.30. The van der Waals surface area contributed by atoms with E-state index in [9.17, 15) is 4.39 Å². The summed E-state index contributed by atoms with van der Waals surface area (Å²) < 4.78 is 13.5. The summed E-state index contributed by atoms with van der Waals surface area (Å²) in [4.78, 5) is 6.19. The average molecular weight is 280 g/mol. The van der Waals surface area contributed by atoms with Crippen LogP contribution in [0.3, 0.4) is 0 Å². The van der Waals surface area contributed by atoms with Crippen molar-refractivity contribution in [1.82, 2.24) is 4.98 Å². The Bertz CT molecular complexity index is 555. The molecule has 0 unspecified atom stereocenters. The lowest BCUT2D eigenvalue weighted by atomic mass is 10.2. The van der Waals surface area contributed by atoms with E-state index in [0.29, 0.717) is 17.1 Å². The van der Waals surface area contributed by atoms with Gasteiger partial charge in [-0.3, -0.25) is 0 Å². The predicted octanol–water partition coefficient (Wildman–Crippen LogP) is 3.55. The number of anilines is 2. The monoisotopic (exact) mass is 279 g/mol. The first-order chi connectivity index (χ1) is 9.06. The van der Waals surface area contributed by atoms with Crippen molar-refractivity contribution in [3.63, 3.8) is 0 Å². The highest BCUT2D eigenvalue weighted by Gasteiger charge is 2.03. The summed E-state index contributed by atoms with van der Waals surface area (Å²) >= 11 is 5.84. The van der Waals surface area contributed by atoms with Crippen LogP contribution in [0.15, 0.2) is 36.5 Å². The Morgan fingerprint density at radius 3 is 2.68 bits per heavy atom. The minimum absolute atomic E-state index is 0.269. The van der Waals surface area contributed by atoms with Crippen LogP contribution >= 0.6 is 11.6 Å². The van der Waals surface area contributed by atoms with E-state index in [-0.39, 0.29) is 5.82 Å². The smallest absolute Gasteiger partial charge is 0.128 e. The molecule has 0 bridgehead atoms. The molecule has 3 nitrogen and oxygen atoms in total. The van der Waals surface area contributed by atoms with Crippen LogP contribution in [0.2, 0.25) is 5.02 Å². The molecular weight excluding hydrogens is 265 g/mol. The molecule has 0 fully saturated rings. The van der Waals surface area contributed by atoms with Crippen molar-refractivity contribution in [1.29, 1.82) is 0 Å². The second-order valence-corrected chi connectivity index (χ2v) is 4.83. The molecule has 1 aromatic carbocycles. The number of benzene rings is 1. The summed E-state index contributed by atoms with van der Waals surface area (Å²) in [6.07, 6.45) is 1.72. The van der Waals surface area contributed by atoms with Crippen molar-refractivity contribution in [3.05, 3.63) is 52.9 Å². The minimum atomic E-state index is -0.269. The fourth-order valence-corrected chi connectivity index (χ4v) is 1.83. The van der Waals surface area contributed by atoms with Gasteiger partial charge in [0.15, 0.2) is 0 Å². The van der Waals surface area contributed by atoms with Gasteiger partial charge >= 0.3 is 0 Å². The Hall–Kier alpha value is -1.81. The summed E-state index contributed by atoms with van der Waals surface area (Å²) in [6.45, 7) is 0.370. The van der Waals surface area contributed by atoms with Gasteiger partial charge in [0.05, 0.1) is 11.9 Å². The summed E-state index contributed by atoms with van der Waals surface area (Å²) in [6, 6.07) is 8.33. The SMILES string of the molecule is CN(C)c1ccc(NCc2cc(Cl)ccc2F)cn1. The summed E-state index contributed by atoms with van der Waals surface area (Å²) in [7, 11) is 3.85. The standard InChI is InChI=1S/C14H15ClFN3/c1-19(2)14-6-4-12(9-18-14)17-8-10-7-11(15)3-5-13(10)16/h3-7,9,17H,8H2,1-2H3. The van der Waals surface area contributed by atoms with Gasteiger partial charge in [0.2, 0.25) is 0 Å². The summed E-state index contributed by atoms with van der Waals surface area (Å²) in [5.41, 5.74) is 1.37. The quantitative estimate of drug-likeness (QED) is 0.928. The number of rotatable bonds is 4. The third-order valence-electron chi connectivity index (χ3n) is 2.70. The number of halogens is 2. The zero-order valence-electron chi connectivity index (χ0n) is 10.8. The van der Waals surface area contributed by atoms with Crippen molar-refractivity contribution in [3.8, 4) is 0 Å². The maximum Gasteiger partial charge on any atom is 0.128 e. The highest BCUT2D eigenvalue weighted by atomic mass is 35.5. The first-order valence-electron chi connectivity index (χ1n) is 5.87. The van der Waals surface area contributed by atoms with Crippen molar-refractivity contribution >= 4 is 23.1 Å². The number of nitrogens with zero attached hydrogens (tertiary/aromatic N) is 2. The van der Waals surface area contributed by atoms with Crippen LogP contribution in [0.5, 0.6) is 0 Å². The maximum atomic E-state index is 13.5. The lowest BCUT2D eigenvalue weighted by Crippen LogP contribution is -2.10. The molecule has 1 N–H and O–H groups in total. The first-order valence-corrected chi connectivity index (χ1v) is 6.25. The molecule has 0 radical (unpaired) electrons. The van der Waals surface area contributed by atoms with Gasteiger partial charge in [-0.25, -0.2) is 9.37 Å². The number of aromatic nitrogens is 1. The third kappa shape index (κ3) is 3.58. The fourth-order valence-electron chi connectivity index (χ4n) is 1.63. The van der Waals surface area contributed by atoms with Crippen molar-refractivity contribution < 1.29 is 4.39 Å². The van der Waals surface area contributed by atoms with Gasteiger partial charge in [-0.1, -0.05) is 11.6 Å². The number of pyridine rings is 1. The normalized spacial score (nSPS) is 10.3. The van der Waals surface area contributed by atoms with Crippen LogP contribution in [0.1, 0.15) is 5.56 Å². The molecule has 0 aliphatic rings. The van der Waals surface area contributed by atoms with Gasteiger partial charge in [0.25, 0.3) is 0 Å². The summed E-state index contributed by atoms with van der Waals surface area (Å²) in [5, 5.41) is 3.64. The molecule has 19 heavy (non-hydrogen) atoms. The number of hydrogen-bond acceptors (Lipinski definition) is 3. The van der Waals surface area contributed by atoms with Crippen LogP contribution in [-0.4, -0.2) is 19.1 Å². The van der Waals surface area contributed by atoms with Gasteiger partial charge in [0, 0.05) is 31.2 Å². The molecule has 5 heteroatoms. The molecule has 0 aliphatic carbocycles. The molecule has 0 spiro atoms. The van der Waals surface area contributed by atoms with E-state index >= 15 is 0 Å². The van der Waals surface area contributed by atoms with E-state index < -0.39 is 0 Å². The van der Waals surface area contributed by atoms with Gasteiger partial charge in [-0.05, 0) is 30.3 Å². The maximum absolute atomic E-state index is 13.5. The van der Waals surface area contributed by atoms with Crippen molar-refractivity contribution in [2.75, 3.05) is 24.3 Å². The van der Waals surface area contributed by atoms with Gasteiger partial charge < -0.3 is 10.2 Å². The molecule has 0 saturated carbocycles. The van der Waals surface area contributed by atoms with E-state index in [2.05, 4.69) is 10.3 Å². The van der Waals surface area contributed by atoms with E-state index in [0.717, 1.165) is 11.5 Å². The molecule has 100 valence electrons. The Morgan fingerprint density at radius 2 is 2.05 bits per heavy atom.